The molecular weight excluding hydrogens is 198 g/mol. The first-order chi connectivity index (χ1) is 7.75. The number of carbonyl (C=O) groups excluding carboxylic acids is 1. The minimum absolute atomic E-state index is 0.155. The average molecular weight is 211 g/mol. The number of aryl methyl sites for hydroxylation is 1. The number of rotatable bonds is 0. The Balaban J connectivity index is 2.27. The van der Waals surface area contributed by atoms with Crippen molar-refractivity contribution in [3.05, 3.63) is 47.5 Å². The SMILES string of the molecule is NC1C(=O)CCc2cc3ccccc3cc21. The maximum absolute atomic E-state index is 11.6. The molecular formula is C14H13NO. The standard InChI is InChI=1S/C14H13NO/c15-14-12-8-10-4-2-1-3-9(10)7-11(12)5-6-13(14)16/h1-4,7-8,14H,5-6,15H2. The molecule has 2 heteroatoms. The molecule has 1 aliphatic rings. The van der Waals surface area contributed by atoms with Gasteiger partial charge in [0.15, 0.2) is 5.78 Å². The number of Topliss-reactive ketones (excluding diaryl/α,β-unsaturated/α-hetero) is 1. The lowest BCUT2D eigenvalue weighted by Gasteiger charge is -2.21. The Morgan fingerprint density at radius 3 is 2.50 bits per heavy atom. The summed E-state index contributed by atoms with van der Waals surface area (Å²) in [6.45, 7) is 0. The first-order valence-electron chi connectivity index (χ1n) is 5.55. The third-order valence-electron chi connectivity index (χ3n) is 3.33. The van der Waals surface area contributed by atoms with Crippen LogP contribution in [-0.2, 0) is 11.2 Å². The van der Waals surface area contributed by atoms with Gasteiger partial charge in [-0.05, 0) is 34.4 Å². The summed E-state index contributed by atoms with van der Waals surface area (Å²) in [6, 6.07) is 12.0. The molecule has 2 aromatic rings. The Hall–Kier alpha value is -1.67. The van der Waals surface area contributed by atoms with Crippen LogP contribution in [0.4, 0.5) is 0 Å². The number of benzene rings is 2. The van der Waals surface area contributed by atoms with Gasteiger partial charge in [0.25, 0.3) is 0 Å². The van der Waals surface area contributed by atoms with Gasteiger partial charge in [-0.1, -0.05) is 30.3 Å². The zero-order chi connectivity index (χ0) is 11.1. The molecule has 0 heterocycles. The third kappa shape index (κ3) is 1.34. The van der Waals surface area contributed by atoms with Gasteiger partial charge in [0.05, 0.1) is 6.04 Å². The van der Waals surface area contributed by atoms with Crippen molar-refractivity contribution in [1.29, 1.82) is 0 Å². The lowest BCUT2D eigenvalue weighted by atomic mass is 9.85. The highest BCUT2D eigenvalue weighted by atomic mass is 16.1. The maximum Gasteiger partial charge on any atom is 0.154 e. The second kappa shape index (κ2) is 3.42. The molecule has 16 heavy (non-hydrogen) atoms. The fourth-order valence-corrected chi connectivity index (χ4v) is 2.40. The number of ketones is 1. The van der Waals surface area contributed by atoms with Crippen LogP contribution in [0.25, 0.3) is 10.8 Å². The number of carbonyl (C=O) groups is 1. The van der Waals surface area contributed by atoms with Gasteiger partial charge in [0.2, 0.25) is 0 Å². The van der Waals surface area contributed by atoms with Gasteiger partial charge in [-0.15, -0.1) is 0 Å². The highest BCUT2D eigenvalue weighted by Gasteiger charge is 2.24. The lowest BCUT2D eigenvalue weighted by Crippen LogP contribution is -2.27. The molecule has 1 atom stereocenters. The zero-order valence-corrected chi connectivity index (χ0v) is 8.94. The van der Waals surface area contributed by atoms with Crippen molar-refractivity contribution >= 4 is 16.6 Å². The molecule has 2 N–H and O–H groups in total. The van der Waals surface area contributed by atoms with Crippen molar-refractivity contribution in [3.63, 3.8) is 0 Å². The van der Waals surface area contributed by atoms with Crippen LogP contribution >= 0.6 is 0 Å². The van der Waals surface area contributed by atoms with Crippen LogP contribution in [-0.4, -0.2) is 5.78 Å². The first kappa shape index (κ1) is 9.55. The van der Waals surface area contributed by atoms with Crippen molar-refractivity contribution in [2.24, 2.45) is 5.73 Å². The monoisotopic (exact) mass is 211 g/mol. The van der Waals surface area contributed by atoms with Crippen LogP contribution in [0.1, 0.15) is 23.6 Å². The first-order valence-corrected chi connectivity index (χ1v) is 5.55. The van der Waals surface area contributed by atoms with Crippen LogP contribution in [0.3, 0.4) is 0 Å². The smallest absolute Gasteiger partial charge is 0.154 e. The van der Waals surface area contributed by atoms with E-state index in [4.69, 9.17) is 5.73 Å². The fourth-order valence-electron chi connectivity index (χ4n) is 2.40. The summed E-state index contributed by atoms with van der Waals surface area (Å²) in [5, 5.41) is 2.38. The van der Waals surface area contributed by atoms with Crippen LogP contribution in [0.5, 0.6) is 0 Å². The number of nitrogens with two attached hydrogens (primary N) is 1. The molecule has 0 spiro atoms. The van der Waals surface area contributed by atoms with Crippen LogP contribution in [0.2, 0.25) is 0 Å². The summed E-state index contributed by atoms with van der Waals surface area (Å²) in [4.78, 5) is 11.6. The minimum Gasteiger partial charge on any atom is -0.318 e. The van der Waals surface area contributed by atoms with E-state index in [1.165, 1.54) is 10.9 Å². The molecule has 0 aliphatic heterocycles. The number of fused-ring (bicyclic) bond motifs is 2. The number of hydrogen-bond acceptors (Lipinski definition) is 2. The van der Waals surface area contributed by atoms with E-state index in [1.807, 2.05) is 12.1 Å². The molecule has 2 nitrogen and oxygen atoms in total. The molecule has 3 rings (SSSR count). The topological polar surface area (TPSA) is 43.1 Å². The molecule has 0 aromatic heterocycles. The Kier molecular flexibility index (Phi) is 2.04. The molecule has 2 aromatic carbocycles. The Bertz CT molecular complexity index is 574. The molecule has 80 valence electrons. The highest BCUT2D eigenvalue weighted by molar-refractivity contribution is 5.91. The summed E-state index contributed by atoms with van der Waals surface area (Å²) in [5.41, 5.74) is 8.17. The van der Waals surface area contributed by atoms with Crippen molar-refractivity contribution in [2.75, 3.05) is 0 Å². The fraction of sp³-hybridized carbons (Fsp3) is 0.214. The van der Waals surface area contributed by atoms with Crippen molar-refractivity contribution in [2.45, 2.75) is 18.9 Å². The van der Waals surface area contributed by atoms with E-state index >= 15 is 0 Å². The average Bonchev–Trinajstić information content (AvgIpc) is 2.32. The second-order valence-corrected chi connectivity index (χ2v) is 4.34. The summed E-state index contributed by atoms with van der Waals surface area (Å²) in [7, 11) is 0. The summed E-state index contributed by atoms with van der Waals surface area (Å²) in [6.07, 6.45) is 1.40. The quantitative estimate of drug-likeness (QED) is 0.727. The third-order valence-corrected chi connectivity index (χ3v) is 3.33. The molecule has 0 radical (unpaired) electrons. The normalized spacial score (nSPS) is 19.8. The largest absolute Gasteiger partial charge is 0.318 e. The van der Waals surface area contributed by atoms with Gasteiger partial charge >= 0.3 is 0 Å². The van der Waals surface area contributed by atoms with Crippen LogP contribution in [0, 0.1) is 0 Å². The van der Waals surface area contributed by atoms with E-state index < -0.39 is 6.04 Å². The van der Waals surface area contributed by atoms with Gasteiger partial charge in [0.1, 0.15) is 0 Å². The minimum atomic E-state index is -0.423. The lowest BCUT2D eigenvalue weighted by molar-refractivity contribution is -0.120. The number of hydrogen-bond donors (Lipinski definition) is 1. The molecule has 0 saturated carbocycles. The van der Waals surface area contributed by atoms with E-state index in [1.54, 1.807) is 0 Å². The van der Waals surface area contributed by atoms with Gasteiger partial charge < -0.3 is 5.73 Å². The predicted octanol–water partition coefficient (Wildman–Crippen LogP) is 2.35. The zero-order valence-electron chi connectivity index (χ0n) is 8.94. The van der Waals surface area contributed by atoms with E-state index in [-0.39, 0.29) is 5.78 Å². The summed E-state index contributed by atoms with van der Waals surface area (Å²) in [5.74, 6) is 0.155. The molecule has 0 amide bonds. The van der Waals surface area contributed by atoms with Gasteiger partial charge in [-0.25, -0.2) is 0 Å². The van der Waals surface area contributed by atoms with E-state index in [0.29, 0.717) is 6.42 Å². The van der Waals surface area contributed by atoms with Crippen molar-refractivity contribution in [3.8, 4) is 0 Å². The van der Waals surface area contributed by atoms with Gasteiger partial charge in [-0.3, -0.25) is 4.79 Å². The van der Waals surface area contributed by atoms with Gasteiger partial charge in [-0.2, -0.15) is 0 Å². The van der Waals surface area contributed by atoms with E-state index in [9.17, 15) is 4.79 Å². The Morgan fingerprint density at radius 2 is 1.75 bits per heavy atom. The molecule has 1 aliphatic carbocycles. The van der Waals surface area contributed by atoms with Gasteiger partial charge in [0, 0.05) is 6.42 Å². The Morgan fingerprint density at radius 1 is 1.06 bits per heavy atom. The molecule has 0 bridgehead atoms. The Labute approximate surface area is 94.1 Å². The van der Waals surface area contributed by atoms with Crippen molar-refractivity contribution in [1.82, 2.24) is 0 Å². The molecule has 1 unspecified atom stereocenters. The van der Waals surface area contributed by atoms with Crippen molar-refractivity contribution < 1.29 is 4.79 Å². The van der Waals surface area contributed by atoms with E-state index in [2.05, 4.69) is 24.3 Å². The predicted molar refractivity (Wildman–Crippen MR) is 64.2 cm³/mol. The summed E-state index contributed by atoms with van der Waals surface area (Å²) < 4.78 is 0. The highest BCUT2D eigenvalue weighted by Crippen LogP contribution is 2.29. The van der Waals surface area contributed by atoms with Crippen LogP contribution < -0.4 is 5.73 Å². The van der Waals surface area contributed by atoms with Crippen LogP contribution in [0.15, 0.2) is 36.4 Å². The molecule has 0 saturated heterocycles. The maximum atomic E-state index is 11.6. The summed E-state index contributed by atoms with van der Waals surface area (Å²) >= 11 is 0. The van der Waals surface area contributed by atoms with E-state index in [0.717, 1.165) is 17.4 Å². The second-order valence-electron chi connectivity index (χ2n) is 4.34. The molecule has 0 fully saturated rings.